The van der Waals surface area contributed by atoms with E-state index in [1.807, 2.05) is 0 Å². The molecule has 16 aliphatic carbocycles. The fourth-order valence-electron chi connectivity index (χ4n) is 30.9. The third kappa shape index (κ3) is 9.36. The van der Waals surface area contributed by atoms with Crippen molar-refractivity contribution in [3.8, 4) is 0 Å². The molecule has 21 aliphatic rings. The fraction of sp³-hybridized carbons (Fsp3) is 1.00. The third-order valence-corrected chi connectivity index (χ3v) is 33.3. The van der Waals surface area contributed by atoms with E-state index < -0.39 is 0 Å². The van der Waals surface area contributed by atoms with E-state index in [2.05, 4.69) is 21.3 Å². The Morgan fingerprint density at radius 1 is 0.216 bits per heavy atom. The maximum absolute atomic E-state index is 8.16. The van der Waals surface area contributed by atoms with Crippen molar-refractivity contribution in [3.63, 3.8) is 0 Å². The predicted octanol–water partition coefficient (Wildman–Crippen LogP) is 12.0. The molecule has 0 spiro atoms. The van der Waals surface area contributed by atoms with E-state index in [-0.39, 0.29) is 96.1 Å². The van der Waals surface area contributed by atoms with Crippen LogP contribution in [-0.4, -0.2) is 96.1 Å². The average Bonchev–Trinajstić information content (AvgIpc) is 1.92. The SMILES string of the molecule is C1CC(OC23CCCC4CC(CC4C2)C3)C2C3NC(NC4NC(NC5NC(NC6NC(N3)C3CCCC(OC78CCCC9CC(CC9C7)C8)C63)C3CCCC(OC67CCCC8CC(CC8C6)C7)C53)C3CCCC(OC56CCCC7CC(CC7C5)C6)C43)C2C1. The van der Waals surface area contributed by atoms with Crippen molar-refractivity contribution < 1.29 is 18.9 Å². The van der Waals surface area contributed by atoms with Gasteiger partial charge in [0.15, 0.2) is 0 Å². The summed E-state index contributed by atoms with van der Waals surface area (Å²) >= 11 is 0. The second kappa shape index (κ2) is 21.5. The van der Waals surface area contributed by atoms with Crippen LogP contribution in [0.5, 0.6) is 0 Å². The lowest BCUT2D eigenvalue weighted by Gasteiger charge is -2.48. The highest BCUT2D eigenvalue weighted by atomic mass is 16.5. The van der Waals surface area contributed by atoms with Gasteiger partial charge in [0.25, 0.3) is 0 Å². The molecule has 0 aromatic heterocycles. The summed E-state index contributed by atoms with van der Waals surface area (Å²) in [5.41, 5.74) is 0.318. The normalized spacial score (nSPS) is 61.6. The smallest absolute Gasteiger partial charge is 0.0691 e. The van der Waals surface area contributed by atoms with Gasteiger partial charge in [-0.1, -0.05) is 77.0 Å². The molecule has 0 aromatic carbocycles. The summed E-state index contributed by atoms with van der Waals surface area (Å²) in [5, 5.41) is 37.3. The largest absolute Gasteiger partial charge is 0.371 e. The maximum atomic E-state index is 8.16. The van der Waals surface area contributed by atoms with Crippen LogP contribution in [0.15, 0.2) is 0 Å². The van der Waals surface area contributed by atoms with Crippen molar-refractivity contribution in [1.29, 1.82) is 0 Å². The summed E-state index contributed by atoms with van der Waals surface area (Å²) < 4.78 is 32.7. The van der Waals surface area contributed by atoms with Crippen molar-refractivity contribution >= 4 is 0 Å². The number of fused-ring (bicyclic) bond motifs is 28. The Balaban J connectivity index is 0.652. The Kier molecular flexibility index (Phi) is 13.9. The van der Waals surface area contributed by atoms with Gasteiger partial charge in [-0.15, -0.1) is 0 Å². The Labute approximate surface area is 530 Å². The molecule has 12 nitrogen and oxygen atoms in total. The Morgan fingerprint density at radius 3 is 0.682 bits per heavy atom. The monoisotopic (exact) mass is 1210 g/mol. The highest BCUT2D eigenvalue weighted by molar-refractivity contribution is 5.15. The lowest BCUT2D eigenvalue weighted by atomic mass is 9.72. The Hall–Kier alpha value is -0.480. The number of nitrogens with one attached hydrogen (secondary N) is 8. The molecule has 16 saturated carbocycles. The molecule has 0 amide bonds. The minimum absolute atomic E-state index is 0.0794. The zero-order valence-electron chi connectivity index (χ0n) is 54.4. The van der Waals surface area contributed by atoms with E-state index in [1.165, 1.54) is 257 Å². The van der Waals surface area contributed by atoms with Gasteiger partial charge in [0.2, 0.25) is 0 Å². The van der Waals surface area contributed by atoms with Gasteiger partial charge in [0, 0.05) is 23.7 Å². The molecule has 0 radical (unpaired) electrons. The summed E-state index contributed by atoms with van der Waals surface area (Å²) in [4.78, 5) is 0. The van der Waals surface area contributed by atoms with Crippen LogP contribution < -0.4 is 42.5 Å². The summed E-state index contributed by atoms with van der Waals surface area (Å²) in [6, 6.07) is 0. The zero-order valence-corrected chi connectivity index (χ0v) is 54.4. The molecule has 5 aliphatic heterocycles. The number of ether oxygens (including phenoxy) is 4. The lowest BCUT2D eigenvalue weighted by Crippen LogP contribution is -2.62. The molecule has 5 heterocycles. The summed E-state index contributed by atoms with van der Waals surface area (Å²) in [5.74, 6) is 14.7. The van der Waals surface area contributed by atoms with Crippen molar-refractivity contribution in [1.82, 2.24) is 42.5 Å². The van der Waals surface area contributed by atoms with Gasteiger partial charge in [-0.25, -0.2) is 0 Å². The fourth-order valence-corrected chi connectivity index (χ4v) is 30.9. The maximum Gasteiger partial charge on any atom is 0.0691 e. The molecular weight excluding hydrogens is 1090 g/mol. The first-order valence-corrected chi connectivity index (χ1v) is 40.0. The molecule has 21 rings (SSSR count). The molecule has 8 N–H and O–H groups in total. The van der Waals surface area contributed by atoms with Crippen LogP contribution in [0.25, 0.3) is 0 Å². The highest BCUT2D eigenvalue weighted by Gasteiger charge is 2.64. The van der Waals surface area contributed by atoms with E-state index in [1.54, 1.807) is 0 Å². The zero-order chi connectivity index (χ0) is 57.2. The number of hydrogen-bond acceptors (Lipinski definition) is 12. The first-order valence-electron chi connectivity index (χ1n) is 40.0. The van der Waals surface area contributed by atoms with Gasteiger partial charge in [0.1, 0.15) is 0 Å². The van der Waals surface area contributed by atoms with Crippen LogP contribution in [0, 0.1) is 118 Å². The number of hydrogen-bond donors (Lipinski definition) is 8. The lowest BCUT2D eigenvalue weighted by molar-refractivity contribution is -0.168. The second-order valence-electron chi connectivity index (χ2n) is 37.8. The first kappa shape index (κ1) is 56.7. The number of rotatable bonds is 8. The minimum atomic E-state index is 0.0794. The minimum Gasteiger partial charge on any atom is -0.371 e. The van der Waals surface area contributed by atoms with Crippen LogP contribution >= 0.6 is 0 Å². The van der Waals surface area contributed by atoms with Gasteiger partial charge < -0.3 is 18.9 Å². The van der Waals surface area contributed by atoms with Gasteiger partial charge in [0.05, 0.1) is 96.1 Å². The summed E-state index contributed by atoms with van der Waals surface area (Å²) in [6.45, 7) is 0. The van der Waals surface area contributed by atoms with Crippen LogP contribution in [0.2, 0.25) is 0 Å². The van der Waals surface area contributed by atoms with E-state index in [0.29, 0.717) is 47.3 Å². The molecule has 0 aromatic rings. The summed E-state index contributed by atoms with van der Waals surface area (Å²) in [7, 11) is 0. The van der Waals surface area contributed by atoms with Crippen LogP contribution in [0.4, 0.5) is 0 Å². The van der Waals surface area contributed by atoms with Crippen LogP contribution in [0.1, 0.15) is 257 Å². The molecule has 5 saturated heterocycles. The molecule has 20 bridgehead atoms. The molecule has 12 heteroatoms. The van der Waals surface area contributed by atoms with Gasteiger partial charge >= 0.3 is 0 Å². The second-order valence-corrected chi connectivity index (χ2v) is 37.8. The molecule has 28 unspecified atom stereocenters. The van der Waals surface area contributed by atoms with Crippen LogP contribution in [-0.2, 0) is 18.9 Å². The van der Waals surface area contributed by atoms with Crippen molar-refractivity contribution in [2.24, 2.45) is 118 Å². The van der Waals surface area contributed by atoms with E-state index in [4.69, 9.17) is 40.2 Å². The predicted molar refractivity (Wildman–Crippen MR) is 340 cm³/mol. The third-order valence-electron chi connectivity index (χ3n) is 33.3. The van der Waals surface area contributed by atoms with Crippen molar-refractivity contribution in [2.75, 3.05) is 0 Å². The van der Waals surface area contributed by atoms with Gasteiger partial charge in [-0.05, 0) is 274 Å². The van der Waals surface area contributed by atoms with E-state index >= 15 is 0 Å². The highest BCUT2D eigenvalue weighted by Crippen LogP contribution is 2.63. The van der Waals surface area contributed by atoms with Crippen molar-refractivity contribution in [2.45, 2.75) is 353 Å². The Morgan fingerprint density at radius 2 is 0.443 bits per heavy atom. The standard InChI is InChI=1S/C76H120N8O4/c1-13-53-61(57(17-1)85-73-21-5-9-45-25-41(33-73)29-49(45)37-73)69-77-65(53)81-70-62-54(14-2-18-58(62)86-74-22-6-10-46-26-42(34-74)30-50(46)38-74)67(78-70)83-72-64-56(16-4-20-60(64)88-76-24-8-12-48-28-44(36-76)32-52(48)40-76)68(80-72)84-71-63-55(66(79-71)82-69)15-3-19-59(63)87-75-23-7-11-47-27-43(35-75)31-51(47)39-75/h41-72,77-84H,1-40H2. The van der Waals surface area contributed by atoms with E-state index in [0.717, 1.165) is 71.0 Å². The quantitative estimate of drug-likeness (QED) is 0.118. The first-order chi connectivity index (χ1) is 43.2. The Bertz CT molecular complexity index is 2270. The van der Waals surface area contributed by atoms with E-state index in [9.17, 15) is 0 Å². The topological polar surface area (TPSA) is 133 Å². The molecule has 88 heavy (non-hydrogen) atoms. The molecule has 21 fully saturated rings. The molecule has 488 valence electrons. The van der Waals surface area contributed by atoms with Crippen molar-refractivity contribution in [3.05, 3.63) is 0 Å². The van der Waals surface area contributed by atoms with Crippen LogP contribution in [0.3, 0.4) is 0 Å². The van der Waals surface area contributed by atoms with Gasteiger partial charge in [-0.2, -0.15) is 0 Å². The molecular formula is C76H120N8O4. The summed E-state index contributed by atoms with van der Waals surface area (Å²) in [6.07, 6.45) is 56.7. The van der Waals surface area contributed by atoms with Gasteiger partial charge in [-0.3, -0.25) is 42.5 Å². The average molecular weight is 1210 g/mol. The molecule has 28 atom stereocenters.